The number of rotatable bonds is 11. The number of nitrogens with zero attached hydrogens (tertiary/aromatic N) is 3. The van der Waals surface area contributed by atoms with E-state index in [1.807, 2.05) is 37.1 Å². The monoisotopic (exact) mass is 472 g/mol. The number of ether oxygens (including phenoxy) is 2. The number of hydrogen-bond donors (Lipinski definition) is 1. The fourth-order valence-corrected chi connectivity index (χ4v) is 3.47. The van der Waals surface area contributed by atoms with Gasteiger partial charge in [-0.2, -0.15) is 0 Å². The van der Waals surface area contributed by atoms with Crippen LogP contribution in [-0.4, -0.2) is 56.9 Å². The molecule has 1 amide bonds. The summed E-state index contributed by atoms with van der Waals surface area (Å²) in [6, 6.07) is 12.3. The zero-order valence-electron chi connectivity index (χ0n) is 19.1. The molecule has 176 valence electrons. The number of amidine groups is 1. The third-order valence-corrected chi connectivity index (χ3v) is 4.94. The molecule has 0 aromatic heterocycles. The van der Waals surface area contributed by atoms with Gasteiger partial charge in [-0.3, -0.25) is 9.69 Å². The second kappa shape index (κ2) is 12.6. The van der Waals surface area contributed by atoms with E-state index in [1.54, 1.807) is 24.3 Å². The number of benzene rings is 2. The molecule has 0 radical (unpaired) electrons. The zero-order valence-corrected chi connectivity index (χ0v) is 19.8. The highest BCUT2D eigenvalue weighted by Gasteiger charge is 2.23. The van der Waals surface area contributed by atoms with Crippen LogP contribution in [0.3, 0.4) is 0 Å². The van der Waals surface area contributed by atoms with Crippen LogP contribution in [0.4, 0.5) is 5.69 Å². The minimum atomic E-state index is -0.384. The van der Waals surface area contributed by atoms with Crippen LogP contribution in [0.2, 0.25) is 5.02 Å². The van der Waals surface area contributed by atoms with E-state index in [2.05, 4.69) is 11.6 Å². The lowest BCUT2D eigenvalue weighted by Gasteiger charge is -2.26. The highest BCUT2D eigenvalue weighted by molar-refractivity contribution is 6.34. The van der Waals surface area contributed by atoms with Crippen molar-refractivity contribution < 1.29 is 19.1 Å². The van der Waals surface area contributed by atoms with E-state index in [1.165, 1.54) is 11.9 Å². The summed E-state index contributed by atoms with van der Waals surface area (Å²) in [5.41, 5.74) is 7.30. The molecular weight excluding hydrogens is 444 g/mol. The molecule has 2 aromatic rings. The average molecular weight is 473 g/mol. The van der Waals surface area contributed by atoms with Gasteiger partial charge in [-0.25, -0.2) is 4.99 Å². The summed E-state index contributed by atoms with van der Waals surface area (Å²) in [5, 5.41) is 0.250. The number of amides is 1. The number of aldehydes is 1. The minimum Gasteiger partial charge on any atom is -0.494 e. The maximum atomic E-state index is 13.4. The molecule has 33 heavy (non-hydrogen) atoms. The largest absolute Gasteiger partial charge is 0.494 e. The zero-order chi connectivity index (χ0) is 24.4. The van der Waals surface area contributed by atoms with Crippen molar-refractivity contribution in [2.75, 3.05) is 38.7 Å². The summed E-state index contributed by atoms with van der Waals surface area (Å²) in [4.78, 5) is 31.9. The molecule has 0 spiro atoms. The van der Waals surface area contributed by atoms with Crippen molar-refractivity contribution in [3.8, 4) is 5.75 Å². The summed E-state index contributed by atoms with van der Waals surface area (Å²) in [5.74, 6) is 0.615. The van der Waals surface area contributed by atoms with Gasteiger partial charge in [0.1, 0.15) is 17.8 Å². The first-order valence-electron chi connectivity index (χ1n) is 10.3. The number of para-hydroxylation sites is 1. The predicted molar refractivity (Wildman–Crippen MR) is 131 cm³/mol. The van der Waals surface area contributed by atoms with E-state index < -0.39 is 0 Å². The van der Waals surface area contributed by atoms with Gasteiger partial charge in [-0.05, 0) is 43.8 Å². The Hall–Kier alpha value is -3.36. The Bertz CT molecular complexity index is 1030. The van der Waals surface area contributed by atoms with Gasteiger partial charge in [0.05, 0.1) is 30.3 Å². The minimum absolute atomic E-state index is 0.0313. The van der Waals surface area contributed by atoms with Crippen molar-refractivity contribution in [1.29, 1.82) is 0 Å². The number of aliphatic imine (C=N–C) groups is 1. The number of halogens is 1. The Labute approximate surface area is 199 Å². The van der Waals surface area contributed by atoms with Crippen molar-refractivity contribution in [3.63, 3.8) is 0 Å². The molecule has 0 atom stereocenters. The SMILES string of the molecule is C=C(CN(C)Cc1ccccc1N(CC=O)C(=O)c1ccc(OCC)cc1Cl)OC(N)=NC. The molecular formula is C24H29ClN4O4. The van der Waals surface area contributed by atoms with E-state index in [4.69, 9.17) is 26.8 Å². The number of nitrogens with two attached hydrogens (primary N) is 1. The van der Waals surface area contributed by atoms with E-state index in [-0.39, 0.29) is 29.1 Å². The number of anilines is 1. The van der Waals surface area contributed by atoms with Crippen LogP contribution in [0.1, 0.15) is 22.8 Å². The molecule has 0 heterocycles. The highest BCUT2D eigenvalue weighted by Crippen LogP contribution is 2.28. The summed E-state index contributed by atoms with van der Waals surface area (Å²) < 4.78 is 10.8. The maximum absolute atomic E-state index is 13.4. The van der Waals surface area contributed by atoms with Crippen molar-refractivity contribution in [2.45, 2.75) is 13.5 Å². The highest BCUT2D eigenvalue weighted by atomic mass is 35.5. The predicted octanol–water partition coefficient (Wildman–Crippen LogP) is 3.49. The maximum Gasteiger partial charge on any atom is 0.286 e. The Morgan fingerprint density at radius 1 is 1.27 bits per heavy atom. The molecule has 2 aromatic carbocycles. The molecule has 0 saturated heterocycles. The standard InChI is InChI=1S/C24H29ClN4O4/c1-5-32-19-10-11-20(21(25)14-19)23(31)29(12-13-30)22-9-7-6-8-18(22)16-28(4)15-17(2)33-24(26)27-3/h6-11,13-14H,2,5,12,15-16H2,1,3-4H3,(H2,26,27). The lowest BCUT2D eigenvalue weighted by atomic mass is 10.1. The summed E-state index contributed by atoms with van der Waals surface area (Å²) in [6.07, 6.45) is 0.684. The van der Waals surface area contributed by atoms with Crippen LogP contribution in [0.15, 0.2) is 59.8 Å². The van der Waals surface area contributed by atoms with Crippen LogP contribution in [0.25, 0.3) is 0 Å². The Kier molecular flexibility index (Phi) is 9.90. The molecule has 0 saturated carbocycles. The second-order valence-corrected chi connectivity index (χ2v) is 7.57. The third kappa shape index (κ3) is 7.34. The van der Waals surface area contributed by atoms with Crippen LogP contribution in [0, 0.1) is 0 Å². The number of carbonyl (C=O) groups is 2. The van der Waals surface area contributed by atoms with E-state index in [0.29, 0.717) is 43.2 Å². The molecule has 9 heteroatoms. The molecule has 0 aliphatic rings. The van der Waals surface area contributed by atoms with Crippen LogP contribution >= 0.6 is 11.6 Å². The normalized spacial score (nSPS) is 11.2. The van der Waals surface area contributed by atoms with Crippen molar-refractivity contribution in [3.05, 3.63) is 71.0 Å². The molecule has 0 fully saturated rings. The van der Waals surface area contributed by atoms with Gasteiger partial charge < -0.3 is 24.9 Å². The van der Waals surface area contributed by atoms with Gasteiger partial charge in [0, 0.05) is 19.3 Å². The number of carbonyl (C=O) groups excluding carboxylic acids is 2. The second-order valence-electron chi connectivity index (χ2n) is 7.16. The Morgan fingerprint density at radius 2 is 2.00 bits per heavy atom. The summed E-state index contributed by atoms with van der Waals surface area (Å²) in [7, 11) is 3.40. The molecule has 2 rings (SSSR count). The van der Waals surface area contributed by atoms with E-state index in [9.17, 15) is 9.59 Å². The summed E-state index contributed by atoms with van der Waals surface area (Å²) in [6.45, 7) is 6.92. The topological polar surface area (TPSA) is 97.5 Å². The van der Waals surface area contributed by atoms with Crippen molar-refractivity contribution in [2.24, 2.45) is 10.7 Å². The van der Waals surface area contributed by atoms with Gasteiger partial charge >= 0.3 is 0 Å². The van der Waals surface area contributed by atoms with Gasteiger partial charge in [-0.15, -0.1) is 0 Å². The average Bonchev–Trinajstić information content (AvgIpc) is 2.77. The smallest absolute Gasteiger partial charge is 0.286 e. The first kappa shape index (κ1) is 25.9. The van der Waals surface area contributed by atoms with Gasteiger partial charge in [0.2, 0.25) is 0 Å². The quantitative estimate of drug-likeness (QED) is 0.233. The van der Waals surface area contributed by atoms with E-state index >= 15 is 0 Å². The third-order valence-electron chi connectivity index (χ3n) is 4.62. The van der Waals surface area contributed by atoms with Crippen molar-refractivity contribution in [1.82, 2.24) is 4.90 Å². The van der Waals surface area contributed by atoms with Crippen LogP contribution < -0.4 is 15.4 Å². The van der Waals surface area contributed by atoms with Gasteiger partial charge in [0.15, 0.2) is 0 Å². The molecule has 8 nitrogen and oxygen atoms in total. The van der Waals surface area contributed by atoms with Crippen LogP contribution in [-0.2, 0) is 16.1 Å². The fourth-order valence-electron chi connectivity index (χ4n) is 3.22. The van der Waals surface area contributed by atoms with Gasteiger partial charge in [-0.1, -0.05) is 36.4 Å². The molecule has 0 aliphatic carbocycles. The number of likely N-dealkylation sites (N-methyl/N-ethyl adjacent to an activating group) is 1. The lowest BCUT2D eigenvalue weighted by molar-refractivity contribution is -0.106. The molecule has 2 N–H and O–H groups in total. The summed E-state index contributed by atoms with van der Waals surface area (Å²) >= 11 is 6.36. The first-order valence-corrected chi connectivity index (χ1v) is 10.7. The molecule has 0 aliphatic heterocycles. The Balaban J connectivity index is 2.28. The Morgan fingerprint density at radius 3 is 2.64 bits per heavy atom. The first-order chi connectivity index (χ1) is 15.8. The van der Waals surface area contributed by atoms with Gasteiger partial charge in [0.25, 0.3) is 11.9 Å². The lowest BCUT2D eigenvalue weighted by Crippen LogP contribution is -2.34. The van der Waals surface area contributed by atoms with Crippen LogP contribution in [0.5, 0.6) is 5.75 Å². The van der Waals surface area contributed by atoms with Crippen molar-refractivity contribution >= 4 is 35.5 Å². The fraction of sp³-hybridized carbons (Fsp3) is 0.292. The number of hydrogen-bond acceptors (Lipinski definition) is 6. The van der Waals surface area contributed by atoms with E-state index in [0.717, 1.165) is 5.56 Å². The molecule has 0 unspecified atom stereocenters. The molecule has 0 bridgehead atoms.